The van der Waals surface area contributed by atoms with Gasteiger partial charge in [0.05, 0.1) is 15.0 Å². The number of alkyl halides is 1. The molecule has 3 aromatic carbocycles. The van der Waals surface area contributed by atoms with Crippen molar-refractivity contribution in [2.45, 2.75) is 41.2 Å². The molecule has 0 aromatic heterocycles. The van der Waals surface area contributed by atoms with Crippen LogP contribution in [0.1, 0.15) is 37.3 Å². The molecule has 36 heavy (non-hydrogen) atoms. The molecule has 1 aliphatic heterocycles. The zero-order valence-electron chi connectivity index (χ0n) is 19.8. The number of oxime groups is 1. The number of nitrogens with one attached hydrogen (secondary N) is 1. The summed E-state index contributed by atoms with van der Waals surface area (Å²) in [5.41, 5.74) is 6.80. The smallest absolute Gasteiger partial charge is 0.336 e. The predicted molar refractivity (Wildman–Crippen MR) is 147 cm³/mol. The Balaban J connectivity index is 1.69. The molecule has 4 rings (SSSR count). The molecule has 9 nitrogen and oxygen atoms in total. The molecule has 1 aliphatic rings. The number of fused-ring (bicyclic) bond motifs is 1. The minimum absolute atomic E-state index is 0.0542. The van der Waals surface area contributed by atoms with Gasteiger partial charge in [0, 0.05) is 12.1 Å². The lowest BCUT2D eigenvalue weighted by atomic mass is 10.0. The number of rotatable bonds is 6. The lowest BCUT2D eigenvalue weighted by molar-refractivity contribution is 0.105. The van der Waals surface area contributed by atoms with Gasteiger partial charge < -0.3 is 15.8 Å². The van der Waals surface area contributed by atoms with E-state index in [-0.39, 0.29) is 17.3 Å². The van der Waals surface area contributed by atoms with Gasteiger partial charge in [-0.05, 0) is 60.7 Å². The van der Waals surface area contributed by atoms with Crippen molar-refractivity contribution in [3.63, 3.8) is 0 Å². The fourth-order valence-corrected chi connectivity index (χ4v) is 6.16. The molecule has 2 amide bonds. The number of piperidine rings is 1. The van der Waals surface area contributed by atoms with Crippen molar-refractivity contribution in [2.24, 2.45) is 10.9 Å². The van der Waals surface area contributed by atoms with E-state index in [4.69, 9.17) is 10.9 Å². The van der Waals surface area contributed by atoms with Crippen LogP contribution in [0.3, 0.4) is 0 Å². The van der Waals surface area contributed by atoms with Crippen LogP contribution >= 0.6 is 22.6 Å². The molecular formula is C25H28IN5O4S. The monoisotopic (exact) mass is 621 g/mol. The molecule has 0 spiro atoms. The number of sulfonamides is 1. The maximum Gasteiger partial charge on any atom is 0.336 e. The lowest BCUT2D eigenvalue weighted by Gasteiger charge is -2.43. The van der Waals surface area contributed by atoms with E-state index in [9.17, 15) is 13.2 Å². The molecule has 1 unspecified atom stereocenters. The highest BCUT2D eigenvalue weighted by atomic mass is 127. The van der Waals surface area contributed by atoms with Crippen LogP contribution < -0.4 is 10.6 Å². The average molecular weight is 622 g/mol. The summed E-state index contributed by atoms with van der Waals surface area (Å²) in [4.78, 5) is 18.0. The Kier molecular flexibility index (Phi) is 7.71. The van der Waals surface area contributed by atoms with E-state index in [0.717, 1.165) is 35.0 Å². The van der Waals surface area contributed by atoms with Gasteiger partial charge in [0.15, 0.2) is 5.84 Å². The summed E-state index contributed by atoms with van der Waals surface area (Å²) in [7, 11) is -4.09. The number of benzene rings is 3. The molecule has 190 valence electrons. The highest BCUT2D eigenvalue weighted by Crippen LogP contribution is 2.35. The van der Waals surface area contributed by atoms with Crippen LogP contribution in [0.15, 0.2) is 76.8 Å². The number of urea groups is 1. The van der Waals surface area contributed by atoms with Crippen molar-refractivity contribution in [3.8, 4) is 0 Å². The first kappa shape index (κ1) is 26.2. The third kappa shape index (κ3) is 5.73. The molecular weight excluding hydrogens is 593 g/mol. The fraction of sp³-hybridized carbons (Fsp3) is 0.280. The molecule has 1 fully saturated rings. The van der Waals surface area contributed by atoms with Crippen LogP contribution in [0.4, 0.5) is 4.79 Å². The lowest BCUT2D eigenvalue weighted by Crippen LogP contribution is -2.57. The van der Waals surface area contributed by atoms with Crippen LogP contribution in [-0.4, -0.2) is 45.5 Å². The molecule has 0 aliphatic carbocycles. The number of hydrazine groups is 1. The number of hydrogen-bond acceptors (Lipinski definition) is 5. The van der Waals surface area contributed by atoms with Gasteiger partial charge in [-0.15, -0.1) is 4.83 Å². The van der Waals surface area contributed by atoms with E-state index in [0.29, 0.717) is 17.7 Å². The molecule has 0 saturated carbocycles. The van der Waals surface area contributed by atoms with Crippen molar-refractivity contribution in [2.75, 3.05) is 6.54 Å². The second-order valence-electron chi connectivity index (χ2n) is 8.91. The van der Waals surface area contributed by atoms with Crippen LogP contribution in [0, 0.1) is 0 Å². The van der Waals surface area contributed by atoms with Gasteiger partial charge in [0.2, 0.25) is 0 Å². The molecule has 3 aromatic rings. The van der Waals surface area contributed by atoms with Gasteiger partial charge in [0.1, 0.15) is 0 Å². The van der Waals surface area contributed by atoms with E-state index in [1.165, 1.54) is 6.07 Å². The normalized spacial score (nSPS) is 18.8. The first-order valence-corrected chi connectivity index (χ1v) is 14.0. The quantitative estimate of drug-likeness (QED) is 0.0716. The summed E-state index contributed by atoms with van der Waals surface area (Å²) < 4.78 is 26.4. The van der Waals surface area contributed by atoms with Crippen molar-refractivity contribution in [1.29, 1.82) is 0 Å². The summed E-state index contributed by atoms with van der Waals surface area (Å²) >= 11 is 2.25. The zero-order chi connectivity index (χ0) is 25.9. The van der Waals surface area contributed by atoms with E-state index in [2.05, 4.69) is 32.6 Å². The molecule has 0 bridgehead atoms. The minimum atomic E-state index is -4.09. The Hall–Kier alpha value is -2.90. The third-order valence-corrected chi connectivity index (χ3v) is 8.68. The summed E-state index contributed by atoms with van der Waals surface area (Å²) in [6, 6.07) is 18.6. The molecule has 4 N–H and O–H groups in total. The standard InChI is InChI=1S/C25H28IN5O4S/c1-25(26)13-4-5-14-30(25)24(32)31(17-18-7-6-10-21(15-18)23(27)28-33)29-36(34,35)22-12-11-19-8-2-3-9-20(19)16-22/h2-3,6-12,15-16,29,33H,4-5,13-14,17H2,1H3,(H2,27,28). The van der Waals surface area contributed by atoms with Gasteiger partial charge >= 0.3 is 6.03 Å². The Morgan fingerprint density at radius 2 is 1.89 bits per heavy atom. The van der Waals surface area contributed by atoms with Crippen molar-refractivity contribution >= 4 is 55.3 Å². The van der Waals surface area contributed by atoms with Crippen LogP contribution in [0.5, 0.6) is 0 Å². The molecule has 1 heterocycles. The van der Waals surface area contributed by atoms with Gasteiger partial charge in [-0.25, -0.2) is 18.2 Å². The maximum atomic E-state index is 13.7. The van der Waals surface area contributed by atoms with Gasteiger partial charge in [-0.3, -0.25) is 0 Å². The van der Waals surface area contributed by atoms with E-state index in [1.807, 2.05) is 31.2 Å². The number of halogens is 1. The third-order valence-electron chi connectivity index (χ3n) is 6.22. The Morgan fingerprint density at radius 1 is 1.14 bits per heavy atom. The number of amides is 2. The second kappa shape index (κ2) is 10.6. The molecule has 1 atom stereocenters. The first-order chi connectivity index (χ1) is 17.1. The maximum absolute atomic E-state index is 13.7. The van der Waals surface area contributed by atoms with E-state index in [1.54, 1.807) is 41.3 Å². The highest BCUT2D eigenvalue weighted by Gasteiger charge is 2.38. The number of carbonyl (C=O) groups is 1. The van der Waals surface area contributed by atoms with Gasteiger partial charge in [0.25, 0.3) is 10.0 Å². The van der Waals surface area contributed by atoms with Crippen LogP contribution in [0.2, 0.25) is 0 Å². The van der Waals surface area contributed by atoms with E-state index < -0.39 is 19.6 Å². The minimum Gasteiger partial charge on any atom is -0.409 e. The Bertz CT molecular complexity index is 1410. The number of carbonyl (C=O) groups excluding carboxylic acids is 1. The van der Waals surface area contributed by atoms with Crippen molar-refractivity contribution in [1.82, 2.24) is 14.7 Å². The van der Waals surface area contributed by atoms with Crippen molar-refractivity contribution in [3.05, 3.63) is 77.9 Å². The second-order valence-corrected chi connectivity index (χ2v) is 12.9. The molecule has 11 heteroatoms. The SMILES string of the molecule is CC1(I)CCCCN1C(=O)N(Cc1cccc(C(N)=NO)c1)NS(=O)(=O)c1ccc2ccccc2c1. The van der Waals surface area contributed by atoms with Gasteiger partial charge in [-0.2, -0.15) is 0 Å². The van der Waals surface area contributed by atoms with E-state index >= 15 is 0 Å². The number of nitrogens with two attached hydrogens (primary N) is 1. The molecule has 1 saturated heterocycles. The van der Waals surface area contributed by atoms with Crippen LogP contribution in [0.25, 0.3) is 10.8 Å². The number of nitrogens with zero attached hydrogens (tertiary/aromatic N) is 3. The van der Waals surface area contributed by atoms with Crippen molar-refractivity contribution < 1.29 is 18.4 Å². The summed E-state index contributed by atoms with van der Waals surface area (Å²) in [6.45, 7) is 2.44. The topological polar surface area (TPSA) is 128 Å². The zero-order valence-corrected chi connectivity index (χ0v) is 22.7. The van der Waals surface area contributed by atoms with Gasteiger partial charge in [-0.1, -0.05) is 76.3 Å². The number of amidine groups is 1. The molecule has 0 radical (unpaired) electrons. The summed E-state index contributed by atoms with van der Waals surface area (Å²) in [5, 5.41) is 14.9. The Labute approximate surface area is 224 Å². The largest absolute Gasteiger partial charge is 0.409 e. The number of hydrogen-bond donors (Lipinski definition) is 3. The Morgan fingerprint density at radius 3 is 2.61 bits per heavy atom. The first-order valence-electron chi connectivity index (χ1n) is 11.5. The summed E-state index contributed by atoms with van der Waals surface area (Å²) in [5.74, 6) is -0.0812. The summed E-state index contributed by atoms with van der Waals surface area (Å²) in [6.07, 6.45) is 2.64. The fourth-order valence-electron chi connectivity index (χ4n) is 4.27. The predicted octanol–water partition coefficient (Wildman–Crippen LogP) is 4.39. The number of likely N-dealkylation sites (tertiary alicyclic amines) is 1. The average Bonchev–Trinajstić information content (AvgIpc) is 2.87. The highest BCUT2D eigenvalue weighted by molar-refractivity contribution is 14.1. The van der Waals surface area contributed by atoms with Crippen LogP contribution in [-0.2, 0) is 16.6 Å².